The molecule has 2 aromatic rings. The predicted octanol–water partition coefficient (Wildman–Crippen LogP) is 7.76. The van der Waals surface area contributed by atoms with Crippen LogP contribution in [0.15, 0.2) is 85.0 Å². The van der Waals surface area contributed by atoms with Crippen molar-refractivity contribution in [1.82, 2.24) is 0 Å². The molecule has 0 saturated heterocycles. The zero-order chi connectivity index (χ0) is 20.1. The second-order valence-electron chi connectivity index (χ2n) is 8.25. The minimum Gasteiger partial charge on any atom is -0.382 e. The monoisotopic (exact) mass is 381 g/mol. The second-order valence-corrected chi connectivity index (χ2v) is 8.25. The van der Waals surface area contributed by atoms with Gasteiger partial charge in [0, 0.05) is 17.6 Å². The summed E-state index contributed by atoms with van der Waals surface area (Å²) in [7, 11) is 0. The molecule has 2 aromatic carbocycles. The van der Waals surface area contributed by atoms with Crippen LogP contribution in [0, 0.1) is 0 Å². The maximum absolute atomic E-state index is 3.75. The molecular formula is C28H31N. The van der Waals surface area contributed by atoms with Crippen LogP contribution in [0.2, 0.25) is 0 Å². The Hall–Kier alpha value is -2.80. The predicted molar refractivity (Wildman–Crippen MR) is 127 cm³/mol. The molecule has 0 radical (unpaired) electrons. The van der Waals surface area contributed by atoms with Crippen molar-refractivity contribution in [3.05, 3.63) is 102 Å². The summed E-state index contributed by atoms with van der Waals surface area (Å²) in [6, 6.07) is 18.3. The van der Waals surface area contributed by atoms with E-state index in [0.717, 1.165) is 25.7 Å². The molecule has 0 heterocycles. The van der Waals surface area contributed by atoms with Crippen molar-refractivity contribution in [2.45, 2.75) is 51.5 Å². The number of hydrogen-bond donors (Lipinski definition) is 1. The molecule has 0 fully saturated rings. The second kappa shape index (κ2) is 9.13. The van der Waals surface area contributed by atoms with Crippen LogP contribution in [0.3, 0.4) is 0 Å². The molecule has 1 nitrogen and oxygen atoms in total. The first-order valence-electron chi connectivity index (χ1n) is 10.9. The average molecular weight is 382 g/mol. The maximum Gasteiger partial charge on any atom is 0.0348 e. The van der Waals surface area contributed by atoms with E-state index in [0.29, 0.717) is 12.0 Å². The van der Waals surface area contributed by atoms with Gasteiger partial charge in [0.1, 0.15) is 0 Å². The molecule has 1 N–H and O–H groups in total. The van der Waals surface area contributed by atoms with Gasteiger partial charge in [-0.25, -0.2) is 0 Å². The molecule has 4 rings (SSSR count). The van der Waals surface area contributed by atoms with Crippen LogP contribution in [0.1, 0.15) is 62.1 Å². The van der Waals surface area contributed by atoms with Crippen LogP contribution in [0.4, 0.5) is 5.69 Å². The highest BCUT2D eigenvalue weighted by molar-refractivity contribution is 5.71. The van der Waals surface area contributed by atoms with E-state index in [4.69, 9.17) is 0 Å². The lowest BCUT2D eigenvalue weighted by Crippen LogP contribution is -2.22. The van der Waals surface area contributed by atoms with Crippen molar-refractivity contribution in [3.8, 4) is 0 Å². The lowest BCUT2D eigenvalue weighted by Gasteiger charge is -2.24. The Morgan fingerprint density at radius 1 is 0.759 bits per heavy atom. The van der Waals surface area contributed by atoms with Gasteiger partial charge in [-0.3, -0.25) is 0 Å². The van der Waals surface area contributed by atoms with E-state index in [1.807, 2.05) is 0 Å². The molecule has 29 heavy (non-hydrogen) atoms. The molecule has 0 aromatic heterocycles. The zero-order valence-corrected chi connectivity index (χ0v) is 17.6. The molecule has 0 aliphatic heterocycles. The summed E-state index contributed by atoms with van der Waals surface area (Å²) < 4.78 is 0. The molecule has 1 heteroatoms. The number of nitrogens with one attached hydrogen (secondary N) is 1. The minimum absolute atomic E-state index is 0.348. The van der Waals surface area contributed by atoms with E-state index in [-0.39, 0.29) is 0 Å². The number of hydrogen-bond acceptors (Lipinski definition) is 1. The Balaban J connectivity index is 1.48. The van der Waals surface area contributed by atoms with Gasteiger partial charge in [-0.1, -0.05) is 79.8 Å². The Kier molecular flexibility index (Phi) is 6.14. The summed E-state index contributed by atoms with van der Waals surface area (Å²) in [6.07, 6.45) is 17.9. The fourth-order valence-electron chi connectivity index (χ4n) is 4.19. The third-order valence-corrected chi connectivity index (χ3v) is 6.19. The SMILES string of the molecule is CC(c1cccc(C2=CC=CCC2)c1)[C@@H](C)Nc1cccc(C2=CC=CCC2)c1. The number of anilines is 1. The maximum atomic E-state index is 3.75. The molecule has 1 unspecified atom stereocenters. The van der Waals surface area contributed by atoms with Crippen LogP contribution in [-0.2, 0) is 0 Å². The summed E-state index contributed by atoms with van der Waals surface area (Å²) in [5.74, 6) is 0.426. The molecule has 0 spiro atoms. The summed E-state index contributed by atoms with van der Waals surface area (Å²) >= 11 is 0. The lowest BCUT2D eigenvalue weighted by atomic mass is 9.89. The molecule has 2 aliphatic rings. The van der Waals surface area contributed by atoms with Crippen LogP contribution >= 0.6 is 0 Å². The molecule has 0 bridgehead atoms. The van der Waals surface area contributed by atoms with E-state index in [1.165, 1.54) is 33.5 Å². The molecule has 2 atom stereocenters. The fourth-order valence-corrected chi connectivity index (χ4v) is 4.19. The fraction of sp³-hybridized carbons (Fsp3) is 0.286. The highest BCUT2D eigenvalue weighted by atomic mass is 14.9. The van der Waals surface area contributed by atoms with Gasteiger partial charge in [0.05, 0.1) is 0 Å². The van der Waals surface area contributed by atoms with E-state index in [9.17, 15) is 0 Å². The van der Waals surface area contributed by atoms with Crippen LogP contribution in [0.25, 0.3) is 11.1 Å². The van der Waals surface area contributed by atoms with Crippen LogP contribution in [-0.4, -0.2) is 6.04 Å². The zero-order valence-electron chi connectivity index (χ0n) is 17.6. The first kappa shape index (κ1) is 19.5. The van der Waals surface area contributed by atoms with Gasteiger partial charge in [0.15, 0.2) is 0 Å². The summed E-state index contributed by atoms with van der Waals surface area (Å²) in [5, 5.41) is 3.75. The van der Waals surface area contributed by atoms with Crippen molar-refractivity contribution in [1.29, 1.82) is 0 Å². The van der Waals surface area contributed by atoms with Crippen molar-refractivity contribution < 1.29 is 0 Å². The molecule has 148 valence electrons. The van der Waals surface area contributed by atoms with Gasteiger partial charge < -0.3 is 5.32 Å². The molecule has 0 amide bonds. The molecule has 2 aliphatic carbocycles. The topological polar surface area (TPSA) is 12.0 Å². The highest BCUT2D eigenvalue weighted by Crippen LogP contribution is 2.30. The molecular weight excluding hydrogens is 350 g/mol. The smallest absolute Gasteiger partial charge is 0.0348 e. The van der Waals surface area contributed by atoms with Gasteiger partial charge in [-0.2, -0.15) is 0 Å². The Labute approximate surface area is 175 Å². The van der Waals surface area contributed by atoms with E-state index in [2.05, 4.69) is 104 Å². The van der Waals surface area contributed by atoms with Crippen molar-refractivity contribution in [2.24, 2.45) is 0 Å². The number of allylic oxidation sites excluding steroid dienone is 8. The van der Waals surface area contributed by atoms with E-state index < -0.39 is 0 Å². The minimum atomic E-state index is 0.348. The Bertz CT molecular complexity index is 973. The average Bonchev–Trinajstić information content (AvgIpc) is 2.80. The standard InChI is InChI=1S/C28H31N/c1-21(25-15-9-16-26(19-25)23-11-5-3-6-12-23)22(2)29-28-18-10-17-27(20-28)24-13-7-4-8-14-24/h3-5,7,9-11,13,15-22,29H,6,8,12,14H2,1-2H3/t21?,22-/m1/s1. The quantitative estimate of drug-likeness (QED) is 0.539. The Morgan fingerprint density at radius 3 is 2.00 bits per heavy atom. The molecule has 0 saturated carbocycles. The third kappa shape index (κ3) is 4.79. The van der Waals surface area contributed by atoms with E-state index in [1.54, 1.807) is 0 Å². The first-order chi connectivity index (χ1) is 14.2. The van der Waals surface area contributed by atoms with Gasteiger partial charge in [-0.15, -0.1) is 0 Å². The largest absolute Gasteiger partial charge is 0.382 e. The third-order valence-electron chi connectivity index (χ3n) is 6.19. The van der Waals surface area contributed by atoms with Gasteiger partial charge in [-0.05, 0) is 72.6 Å². The van der Waals surface area contributed by atoms with E-state index >= 15 is 0 Å². The normalized spacial score (nSPS) is 18.0. The van der Waals surface area contributed by atoms with Gasteiger partial charge >= 0.3 is 0 Å². The lowest BCUT2D eigenvalue weighted by molar-refractivity contribution is 0.650. The van der Waals surface area contributed by atoms with Gasteiger partial charge in [0.25, 0.3) is 0 Å². The first-order valence-corrected chi connectivity index (χ1v) is 10.9. The number of rotatable bonds is 6. The highest BCUT2D eigenvalue weighted by Gasteiger charge is 2.16. The van der Waals surface area contributed by atoms with Crippen molar-refractivity contribution >= 4 is 16.8 Å². The Morgan fingerprint density at radius 2 is 1.38 bits per heavy atom. The summed E-state index contributed by atoms with van der Waals surface area (Å²) in [4.78, 5) is 0. The van der Waals surface area contributed by atoms with Crippen molar-refractivity contribution in [3.63, 3.8) is 0 Å². The van der Waals surface area contributed by atoms with Crippen LogP contribution in [0.5, 0.6) is 0 Å². The van der Waals surface area contributed by atoms with Crippen LogP contribution < -0.4 is 5.32 Å². The van der Waals surface area contributed by atoms with Gasteiger partial charge in [0.2, 0.25) is 0 Å². The summed E-state index contributed by atoms with van der Waals surface area (Å²) in [6.45, 7) is 4.61. The van der Waals surface area contributed by atoms with Crippen molar-refractivity contribution in [2.75, 3.05) is 5.32 Å². The number of benzene rings is 2. The summed E-state index contributed by atoms with van der Waals surface area (Å²) in [5.41, 5.74) is 8.18.